The highest BCUT2D eigenvalue weighted by molar-refractivity contribution is 7.14. The largest absolute Gasteiger partial charge is 0.481 e. The van der Waals surface area contributed by atoms with E-state index in [2.05, 4.69) is 5.32 Å². The summed E-state index contributed by atoms with van der Waals surface area (Å²) in [6.07, 6.45) is 0. The Hall–Kier alpha value is -1.93. The zero-order valence-electron chi connectivity index (χ0n) is 11.3. The standard InChI is InChI=1S/C12H17N3O4S/c1-7(12(18)19)5-15(2)6-9(16)14-11-8(10(13)17)3-4-20-11/h3-4,7H,5-6H2,1-2H3,(H2,13,17)(H,14,16)(H,18,19). The van der Waals surface area contributed by atoms with Crippen LogP contribution < -0.4 is 11.1 Å². The molecule has 1 heterocycles. The molecule has 1 aromatic rings. The second-order valence-electron chi connectivity index (χ2n) is 4.51. The molecule has 1 rings (SSSR count). The van der Waals surface area contributed by atoms with Crippen LogP contribution in [0.4, 0.5) is 5.00 Å². The minimum absolute atomic E-state index is 0.0354. The van der Waals surface area contributed by atoms with Crippen molar-refractivity contribution in [1.82, 2.24) is 4.90 Å². The second-order valence-corrected chi connectivity index (χ2v) is 5.43. The molecule has 0 spiro atoms. The van der Waals surface area contributed by atoms with E-state index in [1.54, 1.807) is 30.3 Å². The van der Waals surface area contributed by atoms with E-state index in [-0.39, 0.29) is 24.6 Å². The first kappa shape index (κ1) is 16.1. The van der Waals surface area contributed by atoms with Gasteiger partial charge in [-0.25, -0.2) is 0 Å². The van der Waals surface area contributed by atoms with Gasteiger partial charge in [0, 0.05) is 6.54 Å². The third kappa shape index (κ3) is 4.63. The van der Waals surface area contributed by atoms with Crippen molar-refractivity contribution in [3.8, 4) is 0 Å². The van der Waals surface area contributed by atoms with Crippen LogP contribution in [0.3, 0.4) is 0 Å². The van der Waals surface area contributed by atoms with Crippen molar-refractivity contribution < 1.29 is 19.5 Å². The van der Waals surface area contributed by atoms with Gasteiger partial charge in [-0.1, -0.05) is 6.92 Å². The molecule has 0 aliphatic heterocycles. The summed E-state index contributed by atoms with van der Waals surface area (Å²) in [6.45, 7) is 1.87. The van der Waals surface area contributed by atoms with Crippen molar-refractivity contribution in [2.75, 3.05) is 25.5 Å². The lowest BCUT2D eigenvalue weighted by Gasteiger charge is -2.18. The summed E-state index contributed by atoms with van der Waals surface area (Å²) >= 11 is 1.21. The predicted molar refractivity (Wildman–Crippen MR) is 75.8 cm³/mol. The summed E-state index contributed by atoms with van der Waals surface area (Å²) < 4.78 is 0. The maximum Gasteiger partial charge on any atom is 0.307 e. The van der Waals surface area contributed by atoms with Crippen LogP contribution in [0, 0.1) is 5.92 Å². The number of nitrogens with one attached hydrogen (secondary N) is 1. The molecule has 110 valence electrons. The van der Waals surface area contributed by atoms with Crippen molar-refractivity contribution >= 4 is 34.1 Å². The molecule has 0 fully saturated rings. The SMILES string of the molecule is CC(CN(C)CC(=O)Nc1sccc1C(N)=O)C(=O)O. The molecule has 4 N–H and O–H groups in total. The molecule has 0 saturated carbocycles. The summed E-state index contributed by atoms with van der Waals surface area (Å²) in [5.74, 6) is -2.40. The normalized spacial score (nSPS) is 12.2. The van der Waals surface area contributed by atoms with Crippen LogP contribution in [0.5, 0.6) is 0 Å². The monoisotopic (exact) mass is 299 g/mol. The van der Waals surface area contributed by atoms with Gasteiger partial charge < -0.3 is 16.2 Å². The lowest BCUT2D eigenvalue weighted by atomic mass is 10.2. The van der Waals surface area contributed by atoms with E-state index in [1.807, 2.05) is 0 Å². The number of carboxylic acid groups (broad SMARTS) is 1. The molecule has 1 atom stereocenters. The number of hydrogen-bond donors (Lipinski definition) is 3. The molecule has 8 heteroatoms. The smallest absolute Gasteiger partial charge is 0.307 e. The molecule has 0 aliphatic carbocycles. The molecule has 0 aliphatic rings. The Morgan fingerprint density at radius 2 is 2.15 bits per heavy atom. The predicted octanol–water partition coefficient (Wildman–Crippen LogP) is 0.438. The van der Waals surface area contributed by atoms with Gasteiger partial charge in [-0.05, 0) is 18.5 Å². The number of nitrogens with zero attached hydrogens (tertiary/aromatic N) is 1. The van der Waals surface area contributed by atoms with E-state index < -0.39 is 17.8 Å². The third-order valence-corrected chi connectivity index (χ3v) is 3.43. The first-order chi connectivity index (χ1) is 9.31. The van der Waals surface area contributed by atoms with Crippen molar-refractivity contribution in [3.63, 3.8) is 0 Å². The van der Waals surface area contributed by atoms with Crippen LogP contribution in [0.25, 0.3) is 0 Å². The highest BCUT2D eigenvalue weighted by Gasteiger charge is 2.17. The fourth-order valence-corrected chi connectivity index (χ4v) is 2.43. The second kappa shape index (κ2) is 7.01. The van der Waals surface area contributed by atoms with Gasteiger partial charge in [0.15, 0.2) is 0 Å². The van der Waals surface area contributed by atoms with Gasteiger partial charge >= 0.3 is 5.97 Å². The molecule has 0 saturated heterocycles. The van der Waals surface area contributed by atoms with Crippen LogP contribution in [0.2, 0.25) is 0 Å². The molecular formula is C12H17N3O4S. The first-order valence-corrected chi connectivity index (χ1v) is 6.77. The van der Waals surface area contributed by atoms with E-state index in [4.69, 9.17) is 10.8 Å². The molecule has 1 aromatic heterocycles. The highest BCUT2D eigenvalue weighted by Crippen LogP contribution is 2.22. The van der Waals surface area contributed by atoms with Crippen molar-refractivity contribution in [3.05, 3.63) is 17.0 Å². The van der Waals surface area contributed by atoms with Crippen LogP contribution in [-0.4, -0.2) is 47.9 Å². The summed E-state index contributed by atoms with van der Waals surface area (Å²) in [5.41, 5.74) is 5.44. The fraction of sp³-hybridized carbons (Fsp3) is 0.417. The number of aliphatic carboxylic acids is 1. The molecular weight excluding hydrogens is 282 g/mol. The zero-order valence-corrected chi connectivity index (χ0v) is 12.1. The third-order valence-electron chi connectivity index (χ3n) is 2.60. The summed E-state index contributed by atoms with van der Waals surface area (Å²) in [6, 6.07) is 1.54. The van der Waals surface area contributed by atoms with Gasteiger partial charge in [0.1, 0.15) is 5.00 Å². The summed E-state index contributed by atoms with van der Waals surface area (Å²) in [7, 11) is 1.66. The number of likely N-dealkylation sites (N-methyl/N-ethyl adjacent to an activating group) is 1. The van der Waals surface area contributed by atoms with E-state index in [0.29, 0.717) is 5.00 Å². The maximum absolute atomic E-state index is 11.8. The number of nitrogens with two attached hydrogens (primary N) is 1. The number of carbonyl (C=O) groups is 3. The van der Waals surface area contributed by atoms with Crippen LogP contribution in [0.1, 0.15) is 17.3 Å². The Kier molecular flexibility index (Phi) is 5.66. The average molecular weight is 299 g/mol. The minimum atomic E-state index is -0.911. The topological polar surface area (TPSA) is 113 Å². The fourth-order valence-electron chi connectivity index (χ4n) is 1.62. The number of carbonyl (C=O) groups excluding carboxylic acids is 2. The quantitative estimate of drug-likeness (QED) is 0.676. The Morgan fingerprint density at radius 3 is 2.70 bits per heavy atom. The maximum atomic E-state index is 11.8. The lowest BCUT2D eigenvalue weighted by Crippen LogP contribution is -2.35. The minimum Gasteiger partial charge on any atom is -0.481 e. The van der Waals surface area contributed by atoms with E-state index in [0.717, 1.165) is 0 Å². The zero-order chi connectivity index (χ0) is 15.3. The number of anilines is 1. The Labute approximate surface area is 120 Å². The Bertz CT molecular complexity index is 515. The van der Waals surface area contributed by atoms with Gasteiger partial charge in [-0.2, -0.15) is 0 Å². The van der Waals surface area contributed by atoms with Gasteiger partial charge in [0.25, 0.3) is 5.91 Å². The van der Waals surface area contributed by atoms with Gasteiger partial charge in [0.2, 0.25) is 5.91 Å². The van der Waals surface area contributed by atoms with Crippen molar-refractivity contribution in [1.29, 1.82) is 0 Å². The van der Waals surface area contributed by atoms with Gasteiger partial charge in [0.05, 0.1) is 18.0 Å². The van der Waals surface area contributed by atoms with Crippen molar-refractivity contribution in [2.45, 2.75) is 6.92 Å². The molecule has 2 amide bonds. The number of carboxylic acids is 1. The number of amides is 2. The first-order valence-electron chi connectivity index (χ1n) is 5.89. The van der Waals surface area contributed by atoms with Crippen LogP contribution >= 0.6 is 11.3 Å². The Morgan fingerprint density at radius 1 is 1.50 bits per heavy atom. The molecule has 7 nitrogen and oxygen atoms in total. The van der Waals surface area contributed by atoms with Gasteiger partial charge in [-0.3, -0.25) is 19.3 Å². The van der Waals surface area contributed by atoms with E-state index >= 15 is 0 Å². The van der Waals surface area contributed by atoms with Crippen molar-refractivity contribution in [2.24, 2.45) is 11.7 Å². The molecule has 0 bridgehead atoms. The summed E-state index contributed by atoms with van der Waals surface area (Å²) in [4.78, 5) is 35.2. The summed E-state index contributed by atoms with van der Waals surface area (Å²) in [5, 5.41) is 13.5. The average Bonchev–Trinajstić information content (AvgIpc) is 2.76. The molecule has 1 unspecified atom stereocenters. The van der Waals surface area contributed by atoms with E-state index in [1.165, 1.54) is 11.3 Å². The Balaban J connectivity index is 2.53. The van der Waals surface area contributed by atoms with Crippen LogP contribution in [-0.2, 0) is 9.59 Å². The number of hydrogen-bond acceptors (Lipinski definition) is 5. The molecule has 0 aromatic carbocycles. The number of thiophene rings is 1. The molecule has 0 radical (unpaired) electrons. The number of primary amides is 1. The van der Waals surface area contributed by atoms with E-state index in [9.17, 15) is 14.4 Å². The van der Waals surface area contributed by atoms with Crippen LogP contribution in [0.15, 0.2) is 11.4 Å². The molecule has 20 heavy (non-hydrogen) atoms. The van der Waals surface area contributed by atoms with Gasteiger partial charge in [-0.15, -0.1) is 11.3 Å². The highest BCUT2D eigenvalue weighted by atomic mass is 32.1. The lowest BCUT2D eigenvalue weighted by molar-refractivity contribution is -0.141. The number of rotatable bonds is 7.